The minimum absolute atomic E-state index is 0.714. The van der Waals surface area contributed by atoms with Crippen LogP contribution in [0.5, 0.6) is 0 Å². The lowest BCUT2D eigenvalue weighted by Gasteiger charge is -2.43. The van der Waals surface area contributed by atoms with Crippen LogP contribution in [-0.2, 0) is 0 Å². The van der Waals surface area contributed by atoms with Gasteiger partial charge in [-0.3, -0.25) is 0 Å². The Kier molecular flexibility index (Phi) is 2.50. The van der Waals surface area contributed by atoms with Crippen LogP contribution in [0.4, 0.5) is 38.9 Å². The molecule has 1 aromatic rings. The molecule has 0 heterocycles. The Labute approximate surface area is 108 Å². The Balaban J connectivity index is 3.64. The molecule has 13 heteroatoms. The van der Waals surface area contributed by atoms with Crippen molar-refractivity contribution in [1.82, 2.24) is 0 Å². The number of hydrogen-bond donors (Lipinski definition) is 0. The van der Waals surface area contributed by atoms with Crippen molar-refractivity contribution in [2.75, 3.05) is 0 Å². The Hall–Kier alpha value is -0.300. The quantitative estimate of drug-likeness (QED) is 0.438. The van der Waals surface area contributed by atoms with E-state index < -0.39 is 52.9 Å². The molecule has 0 aliphatic heterocycles. The van der Waals surface area contributed by atoms with E-state index in [4.69, 9.17) is 0 Å². The fraction of sp³-hybridized carbons (Fsp3) is 0. The average molecular weight is 409 g/mol. The van der Waals surface area contributed by atoms with Crippen molar-refractivity contribution in [3.63, 3.8) is 0 Å². The zero-order valence-corrected chi connectivity index (χ0v) is 11.4. The number of rotatable bonds is 2. The average Bonchev–Trinajstić information content (AvgIpc) is 1.93. The van der Waals surface area contributed by atoms with Crippen molar-refractivity contribution in [2.24, 2.45) is 0 Å². The van der Waals surface area contributed by atoms with Crippen molar-refractivity contribution >= 4 is 36.4 Å². The van der Waals surface area contributed by atoms with Gasteiger partial charge in [-0.2, -0.15) is 0 Å². The van der Waals surface area contributed by atoms with Gasteiger partial charge in [0.15, 0.2) is 0 Å². The minimum Gasteiger partial charge on any atom is -0.0936 e. The monoisotopic (exact) mass is 408 g/mol. The molecule has 0 nitrogen and oxygen atoms in total. The lowest BCUT2D eigenvalue weighted by atomic mass is 10.4. The van der Waals surface area contributed by atoms with Crippen LogP contribution < -0.4 is 0 Å². The Bertz CT molecular complexity index is 555. The molecule has 0 radical (unpaired) electrons. The fourth-order valence-corrected chi connectivity index (χ4v) is 3.90. The van der Waals surface area contributed by atoms with Gasteiger partial charge in [0.2, 0.25) is 0 Å². The number of halogens is 11. The molecular formula is C6H3BrF10S2. The highest BCUT2D eigenvalue weighted by Gasteiger charge is 2.68. The smallest absolute Gasteiger partial charge is 0.0936 e. The third-order valence-corrected chi connectivity index (χ3v) is 5.01. The third-order valence-electron chi connectivity index (χ3n) is 1.76. The maximum Gasteiger partial charge on any atom is 0.311 e. The van der Waals surface area contributed by atoms with Gasteiger partial charge in [0.25, 0.3) is 0 Å². The molecule has 0 spiro atoms. The second kappa shape index (κ2) is 2.84. The Morgan fingerprint density at radius 2 is 1.11 bits per heavy atom. The molecule has 0 fully saturated rings. The maximum absolute atomic E-state index is 12.3. The Morgan fingerprint density at radius 1 is 0.684 bits per heavy atom. The van der Waals surface area contributed by atoms with Gasteiger partial charge < -0.3 is 0 Å². The minimum atomic E-state index is -10.3. The molecule has 0 atom stereocenters. The van der Waals surface area contributed by atoms with Crippen molar-refractivity contribution in [2.45, 2.75) is 9.79 Å². The highest BCUT2D eigenvalue weighted by molar-refractivity contribution is 9.10. The van der Waals surface area contributed by atoms with Gasteiger partial charge in [-0.25, -0.2) is 0 Å². The lowest BCUT2D eigenvalue weighted by Crippen LogP contribution is -2.10. The second-order valence-corrected chi connectivity index (χ2v) is 9.17. The van der Waals surface area contributed by atoms with Crippen molar-refractivity contribution in [1.29, 1.82) is 0 Å². The molecule has 0 aliphatic carbocycles. The summed E-state index contributed by atoms with van der Waals surface area (Å²) in [5.41, 5.74) is 0. The molecule has 0 aliphatic rings. The summed E-state index contributed by atoms with van der Waals surface area (Å²) in [4.78, 5) is -5.40. The Morgan fingerprint density at radius 3 is 1.37 bits per heavy atom. The second-order valence-electron chi connectivity index (χ2n) is 3.53. The summed E-state index contributed by atoms with van der Waals surface area (Å²) in [7, 11) is -20.5. The first kappa shape index (κ1) is 16.8. The highest BCUT2D eigenvalue weighted by atomic mass is 79.9. The van der Waals surface area contributed by atoms with Crippen molar-refractivity contribution < 1.29 is 38.9 Å². The summed E-state index contributed by atoms with van der Waals surface area (Å²) in [5.74, 6) is 0. The first-order chi connectivity index (χ1) is 7.60. The molecule has 0 aromatic heterocycles. The van der Waals surface area contributed by atoms with E-state index >= 15 is 0 Å². The molecule has 0 saturated heterocycles. The molecule has 116 valence electrons. The van der Waals surface area contributed by atoms with Gasteiger partial charge >= 0.3 is 20.4 Å². The summed E-state index contributed by atoms with van der Waals surface area (Å²) in [6.45, 7) is 0. The van der Waals surface area contributed by atoms with Crippen LogP contribution in [0.3, 0.4) is 0 Å². The summed E-state index contributed by atoms with van der Waals surface area (Å²) < 4.78 is 121. The van der Waals surface area contributed by atoms with Crippen LogP contribution in [0, 0.1) is 0 Å². The van der Waals surface area contributed by atoms with E-state index in [1.807, 2.05) is 15.9 Å². The topological polar surface area (TPSA) is 0 Å². The zero-order chi connectivity index (χ0) is 15.7. The van der Waals surface area contributed by atoms with Gasteiger partial charge in [0.1, 0.15) is 9.79 Å². The van der Waals surface area contributed by atoms with E-state index in [0.29, 0.717) is 0 Å². The fourth-order valence-electron chi connectivity index (χ4n) is 1.03. The van der Waals surface area contributed by atoms with E-state index in [0.717, 1.165) is 0 Å². The van der Waals surface area contributed by atoms with Crippen LogP contribution in [-0.4, -0.2) is 0 Å². The molecule has 0 bridgehead atoms. The largest absolute Gasteiger partial charge is 0.311 e. The van der Waals surface area contributed by atoms with Crippen LogP contribution >= 0.6 is 36.4 Å². The van der Waals surface area contributed by atoms with Crippen molar-refractivity contribution in [3.8, 4) is 0 Å². The standard InChI is InChI=1S/C6H3BrF10S2/c7-5-3-4(18(8,9,10,11)12)1-2-6(5)19(13,14,15,16)17/h1-3H. The van der Waals surface area contributed by atoms with Gasteiger partial charge in [0.05, 0.1) is 0 Å². The molecular weight excluding hydrogens is 406 g/mol. The number of hydrogen-bond acceptors (Lipinski definition) is 0. The van der Waals surface area contributed by atoms with E-state index in [9.17, 15) is 38.9 Å². The molecule has 0 amide bonds. The zero-order valence-electron chi connectivity index (χ0n) is 8.21. The van der Waals surface area contributed by atoms with E-state index in [1.165, 1.54) is 0 Å². The van der Waals surface area contributed by atoms with Crippen LogP contribution in [0.1, 0.15) is 0 Å². The van der Waals surface area contributed by atoms with Gasteiger partial charge in [-0.15, -0.1) is 0 Å². The predicted molar refractivity (Wildman–Crippen MR) is 56.9 cm³/mol. The predicted octanol–water partition coefficient (Wildman–Crippen LogP) is 7.76. The normalized spacial score (nSPS) is 21.0. The van der Waals surface area contributed by atoms with E-state index in [2.05, 4.69) is 0 Å². The van der Waals surface area contributed by atoms with Crippen LogP contribution in [0.15, 0.2) is 32.5 Å². The lowest BCUT2D eigenvalue weighted by molar-refractivity contribution is 0.356. The highest BCUT2D eigenvalue weighted by Crippen LogP contribution is 3.04. The van der Waals surface area contributed by atoms with Gasteiger partial charge in [-0.1, -0.05) is 38.9 Å². The summed E-state index contributed by atoms with van der Waals surface area (Å²) in [6.07, 6.45) is 0. The maximum atomic E-state index is 12.3. The summed E-state index contributed by atoms with van der Waals surface area (Å²) in [5, 5.41) is 0. The first-order valence-corrected chi connectivity index (χ1v) is 8.57. The number of benzene rings is 1. The van der Waals surface area contributed by atoms with E-state index in [-0.39, 0.29) is 0 Å². The molecule has 0 unspecified atom stereocenters. The third kappa shape index (κ3) is 4.08. The molecule has 1 aromatic carbocycles. The summed E-state index contributed by atoms with van der Waals surface area (Å²) >= 11 is 1.81. The SMILES string of the molecule is FS(F)(F)(F)(F)c1ccc(S(F)(F)(F)(F)F)c(Br)c1. The van der Waals surface area contributed by atoms with Crippen LogP contribution in [0.25, 0.3) is 0 Å². The van der Waals surface area contributed by atoms with Crippen LogP contribution in [0.2, 0.25) is 0 Å². The van der Waals surface area contributed by atoms with Gasteiger partial charge in [-0.05, 0) is 34.1 Å². The molecule has 0 saturated carbocycles. The molecule has 0 N–H and O–H groups in total. The van der Waals surface area contributed by atoms with Gasteiger partial charge in [0, 0.05) is 4.47 Å². The van der Waals surface area contributed by atoms with Crippen molar-refractivity contribution in [3.05, 3.63) is 22.7 Å². The molecule has 1 rings (SSSR count). The van der Waals surface area contributed by atoms with E-state index in [1.54, 1.807) is 0 Å². The molecule has 19 heavy (non-hydrogen) atoms. The first-order valence-electron chi connectivity index (χ1n) is 3.88. The summed E-state index contributed by atoms with van der Waals surface area (Å²) in [6, 6.07) is -2.16.